The van der Waals surface area contributed by atoms with Crippen molar-refractivity contribution in [2.45, 2.75) is 25.9 Å². The van der Waals surface area contributed by atoms with Gasteiger partial charge in [0.25, 0.3) is 10.2 Å². The van der Waals surface area contributed by atoms with E-state index in [4.69, 9.17) is 16.7 Å². The Balaban J connectivity index is 1.87. The minimum Gasteiger partial charge on any atom is -0.355 e. The summed E-state index contributed by atoms with van der Waals surface area (Å²) in [5.74, 6) is -0.729. The molecule has 0 radical (unpaired) electrons. The summed E-state index contributed by atoms with van der Waals surface area (Å²) in [5, 5.41) is 5.24. The lowest BCUT2D eigenvalue weighted by Crippen LogP contribution is -2.21. The van der Waals surface area contributed by atoms with E-state index in [-0.39, 0.29) is 27.9 Å². The molecular weight excluding hydrogens is 467 g/mol. The molecule has 2 aromatic carbocycles. The molecule has 1 aromatic heterocycles. The van der Waals surface area contributed by atoms with E-state index in [9.17, 15) is 26.4 Å². The van der Waals surface area contributed by atoms with E-state index in [0.717, 1.165) is 24.3 Å². The maximum Gasteiger partial charge on any atom is 0.416 e. The number of nitrogens with one attached hydrogen (secondary N) is 2. The van der Waals surface area contributed by atoms with Crippen LogP contribution in [0.1, 0.15) is 51.3 Å². The fourth-order valence-electron chi connectivity index (χ4n) is 3.28. The molecule has 3 rings (SSSR count). The molecule has 4 N–H and O–H groups in total. The molecule has 0 fully saturated rings. The first kappa shape index (κ1) is 23.8. The average Bonchev–Trinajstić information content (AvgIpc) is 3.07. The van der Waals surface area contributed by atoms with Gasteiger partial charge < -0.3 is 4.98 Å². The average molecular weight is 486 g/mol. The number of nitrogens with two attached hydrogens (primary N) is 1. The van der Waals surface area contributed by atoms with Crippen LogP contribution in [0, 0.1) is 6.92 Å². The van der Waals surface area contributed by atoms with Crippen molar-refractivity contribution in [2.75, 3.05) is 4.72 Å². The summed E-state index contributed by atoms with van der Waals surface area (Å²) in [6.45, 7) is 3.55. The van der Waals surface area contributed by atoms with Crippen LogP contribution in [-0.4, -0.2) is 19.2 Å². The first-order valence-electron chi connectivity index (χ1n) is 9.27. The molecule has 0 bridgehead atoms. The monoisotopic (exact) mass is 485 g/mol. The summed E-state index contributed by atoms with van der Waals surface area (Å²) in [5.41, 5.74) is 1.71. The maximum atomic E-state index is 12.8. The summed E-state index contributed by atoms with van der Waals surface area (Å²) in [4.78, 5) is 15.9. The van der Waals surface area contributed by atoms with Crippen LogP contribution in [-0.2, 0) is 16.4 Å². The van der Waals surface area contributed by atoms with Gasteiger partial charge in [-0.25, -0.2) is 5.14 Å². The van der Waals surface area contributed by atoms with Crippen molar-refractivity contribution in [2.24, 2.45) is 5.14 Å². The molecule has 11 heteroatoms. The number of H-pyrrole nitrogens is 1. The lowest BCUT2D eigenvalue weighted by Gasteiger charge is -2.14. The Morgan fingerprint density at radius 2 is 1.75 bits per heavy atom. The maximum absolute atomic E-state index is 12.8. The van der Waals surface area contributed by atoms with E-state index < -0.39 is 27.7 Å². The van der Waals surface area contributed by atoms with Crippen LogP contribution in [0.2, 0.25) is 5.02 Å². The summed E-state index contributed by atoms with van der Waals surface area (Å²) >= 11 is 6.31. The van der Waals surface area contributed by atoms with E-state index in [1.165, 1.54) is 12.1 Å². The number of hydrogen-bond acceptors (Lipinski definition) is 3. The SMILES string of the molecule is Cc1cc(C(C)c2ccc(NS(N)(=O)=O)cc2Cl)[nH]c1C(=O)c1ccc(C(F)(F)F)cc1. The topological polar surface area (TPSA) is 105 Å². The van der Waals surface area contributed by atoms with Gasteiger partial charge in [0.15, 0.2) is 0 Å². The van der Waals surface area contributed by atoms with Crippen molar-refractivity contribution in [3.63, 3.8) is 0 Å². The lowest BCUT2D eigenvalue weighted by molar-refractivity contribution is -0.137. The minimum absolute atomic E-state index is 0.124. The highest BCUT2D eigenvalue weighted by Gasteiger charge is 2.30. The molecule has 32 heavy (non-hydrogen) atoms. The third kappa shape index (κ3) is 5.32. The Labute approximate surface area is 187 Å². The van der Waals surface area contributed by atoms with Crippen LogP contribution in [0.15, 0.2) is 48.5 Å². The molecule has 6 nitrogen and oxygen atoms in total. The van der Waals surface area contributed by atoms with Crippen LogP contribution < -0.4 is 9.86 Å². The fourth-order valence-corrected chi connectivity index (χ4v) is 4.08. The number of aromatic nitrogens is 1. The molecular formula is C21H19ClF3N3O3S. The van der Waals surface area contributed by atoms with Crippen LogP contribution >= 0.6 is 11.6 Å². The predicted octanol–water partition coefficient (Wildman–Crippen LogP) is 4.99. The number of hydrogen-bond donors (Lipinski definition) is 3. The van der Waals surface area contributed by atoms with Crippen molar-refractivity contribution < 1.29 is 26.4 Å². The highest BCUT2D eigenvalue weighted by atomic mass is 35.5. The highest BCUT2D eigenvalue weighted by Crippen LogP contribution is 2.33. The van der Waals surface area contributed by atoms with Crippen molar-refractivity contribution >= 4 is 33.3 Å². The van der Waals surface area contributed by atoms with Crippen LogP contribution in [0.5, 0.6) is 0 Å². The zero-order valence-electron chi connectivity index (χ0n) is 16.9. The predicted molar refractivity (Wildman–Crippen MR) is 116 cm³/mol. The zero-order valence-corrected chi connectivity index (χ0v) is 18.5. The van der Waals surface area contributed by atoms with Gasteiger partial charge in [0.05, 0.1) is 16.9 Å². The molecule has 0 aliphatic carbocycles. The quantitative estimate of drug-likeness (QED) is 0.428. The number of ketones is 1. The second-order valence-corrected chi connectivity index (χ2v) is 8.99. The van der Waals surface area contributed by atoms with Gasteiger partial charge in [0, 0.05) is 22.2 Å². The van der Waals surface area contributed by atoms with Gasteiger partial charge in [-0.1, -0.05) is 36.7 Å². The number of aryl methyl sites for hydroxylation is 1. The van der Waals surface area contributed by atoms with Gasteiger partial charge >= 0.3 is 6.18 Å². The molecule has 1 atom stereocenters. The minimum atomic E-state index is -4.48. The van der Waals surface area contributed by atoms with Crippen LogP contribution in [0.4, 0.5) is 18.9 Å². The summed E-state index contributed by atoms with van der Waals surface area (Å²) in [7, 11) is -3.94. The van der Waals surface area contributed by atoms with Gasteiger partial charge in [-0.15, -0.1) is 0 Å². The van der Waals surface area contributed by atoms with Gasteiger partial charge in [-0.3, -0.25) is 9.52 Å². The van der Waals surface area contributed by atoms with E-state index in [0.29, 0.717) is 16.8 Å². The molecule has 0 saturated heterocycles. The van der Waals surface area contributed by atoms with Crippen molar-refractivity contribution in [1.29, 1.82) is 0 Å². The van der Waals surface area contributed by atoms with E-state index in [2.05, 4.69) is 9.71 Å². The molecule has 1 heterocycles. The Hall–Kier alpha value is -2.82. The first-order chi connectivity index (χ1) is 14.8. The lowest BCUT2D eigenvalue weighted by atomic mass is 9.97. The Morgan fingerprint density at radius 3 is 2.28 bits per heavy atom. The van der Waals surface area contributed by atoms with Crippen molar-refractivity contribution in [1.82, 2.24) is 4.98 Å². The molecule has 0 aliphatic rings. The Bertz CT molecular complexity index is 1270. The van der Waals surface area contributed by atoms with Crippen molar-refractivity contribution in [3.8, 4) is 0 Å². The number of carbonyl (C=O) groups excluding carboxylic acids is 1. The number of rotatable bonds is 6. The third-order valence-corrected chi connectivity index (χ3v) is 5.78. The van der Waals surface area contributed by atoms with Gasteiger partial charge in [-0.2, -0.15) is 21.6 Å². The standard InChI is InChI=1S/C21H19ClF3N3O3S/c1-11-9-18(12(2)16-8-7-15(10-17(16)22)28-32(26,30)31)27-19(11)20(29)13-3-5-14(6-4-13)21(23,24)25/h3-10,12,27-28H,1-2H3,(H2,26,30,31). The Morgan fingerprint density at radius 1 is 1.12 bits per heavy atom. The largest absolute Gasteiger partial charge is 0.416 e. The van der Waals surface area contributed by atoms with E-state index in [1.807, 2.05) is 6.92 Å². The smallest absolute Gasteiger partial charge is 0.355 e. The highest BCUT2D eigenvalue weighted by molar-refractivity contribution is 7.90. The second kappa shape index (κ2) is 8.61. The number of carbonyl (C=O) groups is 1. The van der Waals surface area contributed by atoms with Crippen molar-refractivity contribution in [3.05, 3.63) is 87.2 Å². The summed E-state index contributed by atoms with van der Waals surface area (Å²) < 4.78 is 62.7. The second-order valence-electron chi connectivity index (χ2n) is 7.29. The van der Waals surface area contributed by atoms with E-state index >= 15 is 0 Å². The fraction of sp³-hybridized carbons (Fsp3) is 0.190. The number of halogens is 4. The molecule has 0 spiro atoms. The summed E-state index contributed by atoms with van der Waals surface area (Å²) in [6.07, 6.45) is -4.48. The van der Waals surface area contributed by atoms with Gasteiger partial charge in [-0.05, 0) is 48.4 Å². The number of anilines is 1. The Kier molecular flexibility index (Phi) is 6.41. The van der Waals surface area contributed by atoms with Crippen LogP contribution in [0.3, 0.4) is 0 Å². The number of benzene rings is 2. The molecule has 0 amide bonds. The molecule has 1 unspecified atom stereocenters. The number of alkyl halides is 3. The number of aromatic amines is 1. The zero-order chi connectivity index (χ0) is 23.8. The normalized spacial score (nSPS) is 13.1. The molecule has 0 aliphatic heterocycles. The van der Waals surface area contributed by atoms with Gasteiger partial charge in [0.1, 0.15) is 0 Å². The molecule has 170 valence electrons. The molecule has 3 aromatic rings. The molecule has 0 saturated carbocycles. The third-order valence-electron chi connectivity index (χ3n) is 4.93. The first-order valence-corrected chi connectivity index (χ1v) is 11.2. The van der Waals surface area contributed by atoms with Crippen LogP contribution in [0.25, 0.3) is 0 Å². The van der Waals surface area contributed by atoms with E-state index in [1.54, 1.807) is 19.1 Å². The summed E-state index contributed by atoms with van der Waals surface area (Å²) in [6, 6.07) is 10.3. The van der Waals surface area contributed by atoms with Gasteiger partial charge in [0.2, 0.25) is 5.78 Å².